The second-order valence-corrected chi connectivity index (χ2v) is 12.4. The first-order chi connectivity index (χ1) is 22.2. The highest BCUT2D eigenvalue weighted by molar-refractivity contribution is 6.33. The summed E-state index contributed by atoms with van der Waals surface area (Å²) in [6.45, 7) is 5.83. The molecule has 1 aliphatic rings. The second kappa shape index (κ2) is 12.9. The minimum absolute atomic E-state index is 0.226. The summed E-state index contributed by atoms with van der Waals surface area (Å²) < 4.78 is 27.2. The van der Waals surface area contributed by atoms with Crippen molar-refractivity contribution in [3.05, 3.63) is 96.8 Å². The van der Waals surface area contributed by atoms with Gasteiger partial charge in [-0.1, -0.05) is 113 Å². The molecule has 0 bridgehead atoms. The number of rotatable bonds is 13. The Morgan fingerprint density at radius 1 is 0.511 bits per heavy atom. The largest absolute Gasteiger partial charge is 0.490 e. The van der Waals surface area contributed by atoms with Crippen molar-refractivity contribution < 1.29 is 13.9 Å². The van der Waals surface area contributed by atoms with E-state index in [1.165, 1.54) is 93.1 Å². The van der Waals surface area contributed by atoms with Gasteiger partial charge in [-0.15, -0.1) is 0 Å². The van der Waals surface area contributed by atoms with Gasteiger partial charge in [-0.25, -0.2) is 4.39 Å². The van der Waals surface area contributed by atoms with Crippen molar-refractivity contribution in [1.29, 1.82) is 0 Å². The lowest BCUT2D eigenvalue weighted by Gasteiger charge is -2.17. The molecule has 45 heavy (non-hydrogen) atoms. The minimum Gasteiger partial charge on any atom is -0.490 e. The summed E-state index contributed by atoms with van der Waals surface area (Å²) in [5.41, 5.74) is 7.03. The number of benzene rings is 6. The predicted octanol–water partition coefficient (Wildman–Crippen LogP) is 12.5. The van der Waals surface area contributed by atoms with Crippen molar-refractivity contribution in [1.82, 2.24) is 0 Å². The van der Waals surface area contributed by atoms with Gasteiger partial charge in [0, 0.05) is 0 Å². The first-order valence-electron chi connectivity index (χ1n) is 16.8. The third kappa shape index (κ3) is 5.43. The Bertz CT molecular complexity index is 1940. The van der Waals surface area contributed by atoms with Gasteiger partial charge < -0.3 is 9.47 Å². The summed E-state index contributed by atoms with van der Waals surface area (Å²) in [6, 6.07) is 31.1. The number of halogens is 1. The summed E-state index contributed by atoms with van der Waals surface area (Å²) in [5.74, 6) is 1.44. The minimum atomic E-state index is -0.226. The number of hydrogen-bond donors (Lipinski definition) is 0. The van der Waals surface area contributed by atoms with Crippen molar-refractivity contribution in [2.45, 2.75) is 65.2 Å². The van der Waals surface area contributed by atoms with E-state index in [2.05, 4.69) is 80.6 Å². The molecule has 0 fully saturated rings. The number of hydrogen-bond acceptors (Lipinski definition) is 2. The van der Waals surface area contributed by atoms with E-state index in [0.717, 1.165) is 35.5 Å². The van der Waals surface area contributed by atoms with E-state index >= 15 is 0 Å². The molecule has 0 radical (unpaired) electrons. The van der Waals surface area contributed by atoms with Crippen molar-refractivity contribution >= 4 is 32.3 Å². The molecular formula is C42H41FO2. The lowest BCUT2D eigenvalue weighted by molar-refractivity contribution is 0.259. The van der Waals surface area contributed by atoms with Gasteiger partial charge in [0.25, 0.3) is 0 Å². The van der Waals surface area contributed by atoms with Gasteiger partial charge in [-0.3, -0.25) is 0 Å². The van der Waals surface area contributed by atoms with Gasteiger partial charge >= 0.3 is 0 Å². The summed E-state index contributed by atoms with van der Waals surface area (Å²) in [5, 5.41) is 7.21. The van der Waals surface area contributed by atoms with Crippen LogP contribution in [-0.2, 0) is 0 Å². The maximum atomic E-state index is 14.1. The molecule has 0 spiro atoms. The van der Waals surface area contributed by atoms with Gasteiger partial charge in [0.15, 0.2) is 11.5 Å². The molecule has 2 nitrogen and oxygen atoms in total. The van der Waals surface area contributed by atoms with Gasteiger partial charge in [-0.2, -0.15) is 0 Å². The lowest BCUT2D eigenvalue weighted by Crippen LogP contribution is -2.03. The van der Waals surface area contributed by atoms with Crippen LogP contribution < -0.4 is 9.47 Å². The number of ether oxygens (including phenoxy) is 2. The standard InChI is InChI=1S/C42H41FO2/c1-3-5-7-13-23-44-37-26-34-35(27-38(37)45-24-14-8-6-4-2)41-33-18-12-11-17-32(33)39(28-19-21-30(43)22-20-28)36-25-29-15-9-10-16-31(29)40(34)42(36)41/h9-12,15-22,25-27H,3-8,13-14,23-24H2,1-2H3. The van der Waals surface area contributed by atoms with Crippen LogP contribution in [0.2, 0.25) is 0 Å². The maximum absolute atomic E-state index is 14.1. The van der Waals surface area contributed by atoms with Crippen molar-refractivity contribution in [2.75, 3.05) is 13.2 Å². The monoisotopic (exact) mass is 596 g/mol. The molecule has 6 aromatic rings. The van der Waals surface area contributed by atoms with Gasteiger partial charge in [0.1, 0.15) is 5.82 Å². The predicted molar refractivity (Wildman–Crippen MR) is 188 cm³/mol. The zero-order valence-electron chi connectivity index (χ0n) is 26.4. The topological polar surface area (TPSA) is 18.5 Å². The second-order valence-electron chi connectivity index (χ2n) is 12.4. The highest BCUT2D eigenvalue weighted by Gasteiger charge is 2.30. The fourth-order valence-corrected chi connectivity index (χ4v) is 7.11. The molecule has 0 atom stereocenters. The van der Waals surface area contributed by atoms with Crippen LogP contribution >= 0.6 is 0 Å². The average Bonchev–Trinajstić information content (AvgIpc) is 3.40. The molecule has 0 unspecified atom stereocenters. The molecule has 7 rings (SSSR count). The first-order valence-corrected chi connectivity index (χ1v) is 16.8. The Morgan fingerprint density at radius 3 is 1.64 bits per heavy atom. The first kappa shape index (κ1) is 29.3. The molecule has 0 N–H and O–H groups in total. The van der Waals surface area contributed by atoms with E-state index < -0.39 is 0 Å². The smallest absolute Gasteiger partial charge is 0.161 e. The molecule has 0 heterocycles. The number of unbranched alkanes of at least 4 members (excludes halogenated alkanes) is 6. The molecule has 6 aromatic carbocycles. The van der Waals surface area contributed by atoms with Crippen molar-refractivity contribution in [3.63, 3.8) is 0 Å². The Labute approximate surface area is 265 Å². The van der Waals surface area contributed by atoms with E-state index in [9.17, 15) is 4.39 Å². The van der Waals surface area contributed by atoms with E-state index in [4.69, 9.17) is 9.47 Å². The molecule has 0 aromatic heterocycles. The normalized spacial score (nSPS) is 11.9. The van der Waals surface area contributed by atoms with Crippen LogP contribution in [0.3, 0.4) is 0 Å². The third-order valence-corrected chi connectivity index (χ3v) is 9.30. The maximum Gasteiger partial charge on any atom is 0.161 e. The van der Waals surface area contributed by atoms with E-state index in [1.807, 2.05) is 12.1 Å². The number of fused-ring (bicyclic) bond motifs is 7. The molecular weight excluding hydrogens is 555 g/mol. The molecule has 3 heteroatoms. The highest BCUT2D eigenvalue weighted by atomic mass is 19.1. The quantitative estimate of drug-likeness (QED) is 0.0974. The Balaban J connectivity index is 1.47. The van der Waals surface area contributed by atoms with Gasteiger partial charge in [0.05, 0.1) is 13.2 Å². The Hall–Kier alpha value is -4.37. The molecule has 1 aliphatic carbocycles. The summed E-state index contributed by atoms with van der Waals surface area (Å²) in [7, 11) is 0. The molecule has 0 saturated carbocycles. The summed E-state index contributed by atoms with van der Waals surface area (Å²) in [6.07, 6.45) is 9.26. The molecule has 0 aliphatic heterocycles. The fourth-order valence-electron chi connectivity index (χ4n) is 7.11. The molecule has 0 saturated heterocycles. The summed E-state index contributed by atoms with van der Waals surface area (Å²) >= 11 is 0. The Morgan fingerprint density at radius 2 is 1.04 bits per heavy atom. The van der Waals surface area contributed by atoms with Crippen LogP contribution in [0.1, 0.15) is 65.2 Å². The van der Waals surface area contributed by atoms with Crippen LogP contribution in [0, 0.1) is 5.82 Å². The van der Waals surface area contributed by atoms with E-state index in [1.54, 1.807) is 12.1 Å². The van der Waals surface area contributed by atoms with E-state index in [0.29, 0.717) is 13.2 Å². The van der Waals surface area contributed by atoms with Crippen LogP contribution in [0.25, 0.3) is 65.7 Å². The molecule has 228 valence electrons. The van der Waals surface area contributed by atoms with Crippen LogP contribution in [-0.4, -0.2) is 13.2 Å². The zero-order valence-corrected chi connectivity index (χ0v) is 26.4. The van der Waals surface area contributed by atoms with Gasteiger partial charge in [0.2, 0.25) is 0 Å². The highest BCUT2D eigenvalue weighted by Crippen LogP contribution is 2.57. The molecule has 0 amide bonds. The van der Waals surface area contributed by atoms with Crippen LogP contribution in [0.5, 0.6) is 11.5 Å². The average molecular weight is 597 g/mol. The summed E-state index contributed by atoms with van der Waals surface area (Å²) in [4.78, 5) is 0. The Kier molecular flexibility index (Phi) is 8.43. The van der Waals surface area contributed by atoms with Crippen molar-refractivity contribution in [3.8, 4) is 44.9 Å². The zero-order chi connectivity index (χ0) is 30.8. The van der Waals surface area contributed by atoms with Crippen molar-refractivity contribution in [2.24, 2.45) is 0 Å². The van der Waals surface area contributed by atoms with Gasteiger partial charge in [-0.05, 0) is 109 Å². The lowest BCUT2D eigenvalue weighted by atomic mass is 9.86. The fraction of sp³-hybridized carbons (Fsp3) is 0.286. The van der Waals surface area contributed by atoms with Crippen LogP contribution in [0.15, 0.2) is 91.0 Å². The SMILES string of the molecule is CCCCCCOc1cc2c(cc1OCCCCCC)-c1c3ccccc3c(-c3ccc(F)cc3)c3cc4ccccc4c-2c13. The third-order valence-electron chi connectivity index (χ3n) is 9.30. The van der Waals surface area contributed by atoms with E-state index in [-0.39, 0.29) is 5.82 Å². The van der Waals surface area contributed by atoms with Crippen LogP contribution in [0.4, 0.5) is 4.39 Å².